The summed E-state index contributed by atoms with van der Waals surface area (Å²) in [6.45, 7) is 4.45. The lowest BCUT2D eigenvalue weighted by atomic mass is 9.92. The molecule has 0 saturated heterocycles. The fourth-order valence-electron chi connectivity index (χ4n) is 1.57. The molecule has 0 radical (unpaired) electrons. The van der Waals surface area contributed by atoms with E-state index >= 15 is 0 Å². The molecule has 0 aromatic carbocycles. The van der Waals surface area contributed by atoms with Crippen LogP contribution in [0.1, 0.15) is 26.7 Å². The molecule has 0 bridgehead atoms. The first-order valence-electron chi connectivity index (χ1n) is 5.20. The van der Waals surface area contributed by atoms with Gasteiger partial charge in [-0.25, -0.2) is 0 Å². The van der Waals surface area contributed by atoms with Crippen LogP contribution in [-0.2, 0) is 19.1 Å². The first-order valence-corrected chi connectivity index (χ1v) is 5.20. The van der Waals surface area contributed by atoms with Crippen molar-refractivity contribution in [3.8, 4) is 0 Å². The Balaban J connectivity index is 2.61. The van der Waals surface area contributed by atoms with Crippen molar-refractivity contribution in [1.82, 2.24) is 0 Å². The molecule has 1 aliphatic rings. The Hall–Kier alpha value is -1.32. The number of ketones is 1. The number of carbonyl (C=O) groups is 2. The summed E-state index contributed by atoms with van der Waals surface area (Å²) in [5, 5.41) is 0. The summed E-state index contributed by atoms with van der Waals surface area (Å²) in [5.74, 6) is -0.158. The Morgan fingerprint density at radius 1 is 1.40 bits per heavy atom. The van der Waals surface area contributed by atoms with Crippen molar-refractivity contribution in [2.24, 2.45) is 5.92 Å². The smallest absolute Gasteiger partial charge is 0.309 e. The molecule has 0 heterocycles. The summed E-state index contributed by atoms with van der Waals surface area (Å²) in [7, 11) is 0. The van der Waals surface area contributed by atoms with Gasteiger partial charge in [0.25, 0.3) is 0 Å². The lowest BCUT2D eigenvalue weighted by Crippen LogP contribution is -2.25. The SMILES string of the molecule is CCOC(=O)C1CC(=O)C=C(OCC)C1. The summed E-state index contributed by atoms with van der Waals surface area (Å²) in [5.41, 5.74) is 0. The number of esters is 1. The van der Waals surface area contributed by atoms with Gasteiger partial charge in [0.1, 0.15) is 5.76 Å². The average Bonchev–Trinajstić information content (AvgIpc) is 2.17. The fourth-order valence-corrected chi connectivity index (χ4v) is 1.57. The van der Waals surface area contributed by atoms with E-state index in [4.69, 9.17) is 9.47 Å². The van der Waals surface area contributed by atoms with Crippen LogP contribution in [0.15, 0.2) is 11.8 Å². The van der Waals surface area contributed by atoms with Crippen molar-refractivity contribution in [2.75, 3.05) is 13.2 Å². The highest BCUT2D eigenvalue weighted by molar-refractivity contribution is 5.94. The molecule has 0 spiro atoms. The van der Waals surface area contributed by atoms with E-state index in [9.17, 15) is 9.59 Å². The van der Waals surface area contributed by atoms with Crippen molar-refractivity contribution in [2.45, 2.75) is 26.7 Å². The lowest BCUT2D eigenvalue weighted by Gasteiger charge is -2.20. The molecule has 4 nitrogen and oxygen atoms in total. The number of carbonyl (C=O) groups excluding carboxylic acids is 2. The second-order valence-corrected chi connectivity index (χ2v) is 3.37. The maximum atomic E-state index is 11.4. The zero-order chi connectivity index (χ0) is 11.3. The van der Waals surface area contributed by atoms with E-state index in [0.717, 1.165) is 0 Å². The second kappa shape index (κ2) is 5.53. The van der Waals surface area contributed by atoms with E-state index in [0.29, 0.717) is 25.4 Å². The highest BCUT2D eigenvalue weighted by atomic mass is 16.5. The van der Waals surface area contributed by atoms with Gasteiger partial charge >= 0.3 is 5.97 Å². The normalized spacial score (nSPS) is 20.8. The number of allylic oxidation sites excluding steroid dienone is 2. The molecule has 0 fully saturated rings. The Morgan fingerprint density at radius 2 is 2.13 bits per heavy atom. The first kappa shape index (κ1) is 11.8. The maximum absolute atomic E-state index is 11.4. The van der Waals surface area contributed by atoms with Crippen LogP contribution in [0.4, 0.5) is 0 Å². The zero-order valence-corrected chi connectivity index (χ0v) is 9.12. The number of hydrogen-bond donors (Lipinski definition) is 0. The molecule has 0 aromatic heterocycles. The van der Waals surface area contributed by atoms with Gasteiger partial charge in [0, 0.05) is 18.9 Å². The average molecular weight is 212 g/mol. The van der Waals surface area contributed by atoms with E-state index in [-0.39, 0.29) is 24.1 Å². The van der Waals surface area contributed by atoms with E-state index in [2.05, 4.69) is 0 Å². The number of ether oxygens (including phenoxy) is 2. The van der Waals surface area contributed by atoms with Crippen molar-refractivity contribution < 1.29 is 19.1 Å². The summed E-state index contributed by atoms with van der Waals surface area (Å²) < 4.78 is 10.1. The van der Waals surface area contributed by atoms with Gasteiger partial charge in [-0.15, -0.1) is 0 Å². The molecule has 84 valence electrons. The van der Waals surface area contributed by atoms with Crippen LogP contribution in [0.25, 0.3) is 0 Å². The van der Waals surface area contributed by atoms with Gasteiger partial charge in [-0.1, -0.05) is 0 Å². The largest absolute Gasteiger partial charge is 0.498 e. The Morgan fingerprint density at radius 3 is 2.73 bits per heavy atom. The van der Waals surface area contributed by atoms with Crippen LogP contribution in [0.5, 0.6) is 0 Å². The van der Waals surface area contributed by atoms with E-state index in [1.807, 2.05) is 6.92 Å². The number of hydrogen-bond acceptors (Lipinski definition) is 4. The summed E-state index contributed by atoms with van der Waals surface area (Å²) in [6.07, 6.45) is 2.17. The molecule has 0 amide bonds. The van der Waals surface area contributed by atoms with Gasteiger partial charge in [0.2, 0.25) is 0 Å². The summed E-state index contributed by atoms with van der Waals surface area (Å²) >= 11 is 0. The van der Waals surface area contributed by atoms with E-state index in [1.165, 1.54) is 6.08 Å². The van der Waals surface area contributed by atoms with Gasteiger partial charge < -0.3 is 9.47 Å². The van der Waals surface area contributed by atoms with Crippen LogP contribution in [-0.4, -0.2) is 25.0 Å². The van der Waals surface area contributed by atoms with Crippen LogP contribution in [0, 0.1) is 5.92 Å². The van der Waals surface area contributed by atoms with Crippen LogP contribution in [0.2, 0.25) is 0 Å². The molecule has 1 rings (SSSR count). The number of rotatable bonds is 4. The fraction of sp³-hybridized carbons (Fsp3) is 0.636. The van der Waals surface area contributed by atoms with Gasteiger partial charge in [-0.3, -0.25) is 9.59 Å². The lowest BCUT2D eigenvalue weighted by molar-refractivity contribution is -0.150. The quantitative estimate of drug-likeness (QED) is 0.662. The Kier molecular flexibility index (Phi) is 4.34. The minimum atomic E-state index is -0.371. The molecule has 1 atom stereocenters. The maximum Gasteiger partial charge on any atom is 0.309 e. The minimum Gasteiger partial charge on any atom is -0.498 e. The van der Waals surface area contributed by atoms with Gasteiger partial charge in [0.05, 0.1) is 19.1 Å². The third-order valence-corrected chi connectivity index (χ3v) is 2.17. The molecule has 15 heavy (non-hydrogen) atoms. The van der Waals surface area contributed by atoms with Crippen molar-refractivity contribution >= 4 is 11.8 Å². The molecule has 1 aliphatic carbocycles. The molecule has 0 N–H and O–H groups in total. The molecular weight excluding hydrogens is 196 g/mol. The Labute approximate surface area is 89.2 Å². The molecule has 0 aliphatic heterocycles. The predicted octanol–water partition coefficient (Wildman–Crippen LogP) is 1.45. The minimum absolute atomic E-state index is 0.0669. The van der Waals surface area contributed by atoms with Crippen LogP contribution < -0.4 is 0 Å². The van der Waals surface area contributed by atoms with E-state index in [1.54, 1.807) is 6.92 Å². The first-order chi connectivity index (χ1) is 7.17. The second-order valence-electron chi connectivity index (χ2n) is 3.37. The van der Waals surface area contributed by atoms with Gasteiger partial charge in [-0.2, -0.15) is 0 Å². The standard InChI is InChI=1S/C11H16O4/c1-3-14-10-6-8(5-9(12)7-10)11(13)15-4-2/h7-8H,3-6H2,1-2H3. The zero-order valence-electron chi connectivity index (χ0n) is 9.12. The monoisotopic (exact) mass is 212 g/mol. The molecule has 1 unspecified atom stereocenters. The predicted molar refractivity (Wildman–Crippen MR) is 54.1 cm³/mol. The van der Waals surface area contributed by atoms with Crippen molar-refractivity contribution in [3.63, 3.8) is 0 Å². The molecule has 4 heteroatoms. The highest BCUT2D eigenvalue weighted by Gasteiger charge is 2.28. The van der Waals surface area contributed by atoms with Crippen molar-refractivity contribution in [1.29, 1.82) is 0 Å². The molecule has 0 saturated carbocycles. The topological polar surface area (TPSA) is 52.6 Å². The van der Waals surface area contributed by atoms with Crippen molar-refractivity contribution in [3.05, 3.63) is 11.8 Å². The molecular formula is C11H16O4. The van der Waals surface area contributed by atoms with Crippen LogP contribution >= 0.6 is 0 Å². The van der Waals surface area contributed by atoms with E-state index < -0.39 is 0 Å². The third kappa shape index (κ3) is 3.38. The van der Waals surface area contributed by atoms with Crippen LogP contribution in [0.3, 0.4) is 0 Å². The van der Waals surface area contributed by atoms with Gasteiger partial charge in [-0.05, 0) is 13.8 Å². The summed E-state index contributed by atoms with van der Waals surface area (Å²) in [4.78, 5) is 22.7. The third-order valence-electron chi connectivity index (χ3n) is 2.17. The highest BCUT2D eigenvalue weighted by Crippen LogP contribution is 2.23. The van der Waals surface area contributed by atoms with Gasteiger partial charge in [0.15, 0.2) is 5.78 Å². The summed E-state index contributed by atoms with van der Waals surface area (Å²) in [6, 6.07) is 0. The molecule has 0 aromatic rings. The Bertz CT molecular complexity index is 280.